The van der Waals surface area contributed by atoms with Crippen molar-refractivity contribution in [1.82, 2.24) is 9.59 Å². The summed E-state index contributed by atoms with van der Waals surface area (Å²) in [7, 11) is 0. The second-order valence-corrected chi connectivity index (χ2v) is 7.52. The molecule has 7 heteroatoms. The van der Waals surface area contributed by atoms with E-state index in [0.29, 0.717) is 32.8 Å². The van der Waals surface area contributed by atoms with Gasteiger partial charge >= 0.3 is 0 Å². The molecule has 0 fully saturated rings. The van der Waals surface area contributed by atoms with Crippen molar-refractivity contribution >= 4 is 34.7 Å². The quantitative estimate of drug-likeness (QED) is 0.416. The van der Waals surface area contributed by atoms with E-state index >= 15 is 0 Å². The van der Waals surface area contributed by atoms with Crippen LogP contribution in [0.3, 0.4) is 0 Å². The highest BCUT2D eigenvalue weighted by atomic mass is 35.5. The molecule has 4 rings (SSSR count). The van der Waals surface area contributed by atoms with Crippen LogP contribution in [0, 0.1) is 6.92 Å². The summed E-state index contributed by atoms with van der Waals surface area (Å²) < 4.78 is 9.87. The third-order valence-electron chi connectivity index (χ3n) is 4.18. The Morgan fingerprint density at radius 3 is 2.55 bits per heavy atom. The Kier molecular flexibility index (Phi) is 5.55. The molecule has 0 spiro atoms. The second kappa shape index (κ2) is 8.43. The first kappa shape index (κ1) is 19.1. The molecule has 1 heterocycles. The topological polar surface area (TPSA) is 64.1 Å². The van der Waals surface area contributed by atoms with Gasteiger partial charge in [0.25, 0.3) is 5.91 Å². The first-order chi connectivity index (χ1) is 14.1. The number of halogens is 1. The van der Waals surface area contributed by atoms with Gasteiger partial charge in [-0.25, -0.2) is 0 Å². The van der Waals surface area contributed by atoms with Crippen LogP contribution >= 0.6 is 23.1 Å². The van der Waals surface area contributed by atoms with Gasteiger partial charge in [-0.2, -0.15) is 0 Å². The molecule has 3 aromatic carbocycles. The van der Waals surface area contributed by atoms with E-state index in [1.807, 2.05) is 61.5 Å². The highest BCUT2D eigenvalue weighted by Gasteiger charge is 2.19. The molecule has 4 aromatic rings. The van der Waals surface area contributed by atoms with E-state index < -0.39 is 0 Å². The number of benzene rings is 3. The second-order valence-electron chi connectivity index (χ2n) is 6.33. The molecule has 0 radical (unpaired) electrons. The molecule has 29 heavy (non-hydrogen) atoms. The lowest BCUT2D eigenvalue weighted by Gasteiger charge is -2.12. The number of amides is 1. The van der Waals surface area contributed by atoms with Gasteiger partial charge in [0.15, 0.2) is 5.75 Å². The number of aryl methyl sites for hydroxylation is 1. The number of hydrogen-bond donors (Lipinski definition) is 1. The maximum Gasteiger partial charge on any atom is 0.269 e. The number of hydrogen-bond acceptors (Lipinski definition) is 5. The first-order valence-electron chi connectivity index (χ1n) is 8.83. The maximum absolute atomic E-state index is 13.0. The predicted octanol–water partition coefficient (Wildman–Crippen LogP) is 6.21. The zero-order valence-electron chi connectivity index (χ0n) is 15.4. The van der Waals surface area contributed by atoms with E-state index in [0.717, 1.165) is 22.7 Å². The zero-order valence-corrected chi connectivity index (χ0v) is 17.0. The van der Waals surface area contributed by atoms with Crippen molar-refractivity contribution in [3.63, 3.8) is 0 Å². The molecule has 1 amide bonds. The normalized spacial score (nSPS) is 10.6. The fraction of sp³-hybridized carbons (Fsp3) is 0.0455. The number of nitrogens with one attached hydrogen (secondary N) is 1. The van der Waals surface area contributed by atoms with Crippen LogP contribution in [0.25, 0.3) is 11.3 Å². The van der Waals surface area contributed by atoms with E-state index in [4.69, 9.17) is 16.3 Å². The number of carbonyl (C=O) groups excluding carboxylic acids is 1. The summed E-state index contributed by atoms with van der Waals surface area (Å²) >= 11 is 7.18. The van der Waals surface area contributed by atoms with Crippen LogP contribution in [0.15, 0.2) is 72.8 Å². The maximum atomic E-state index is 13.0. The molecule has 0 saturated heterocycles. The van der Waals surface area contributed by atoms with E-state index in [1.54, 1.807) is 18.2 Å². The Labute approximate surface area is 177 Å². The van der Waals surface area contributed by atoms with Crippen LogP contribution in [0.4, 0.5) is 5.69 Å². The monoisotopic (exact) mass is 421 g/mol. The summed E-state index contributed by atoms with van der Waals surface area (Å²) in [5, 5.41) is 7.50. The molecule has 0 atom stereocenters. The largest absolute Gasteiger partial charge is 0.455 e. The summed E-state index contributed by atoms with van der Waals surface area (Å²) in [5.74, 6) is 0.823. The molecule has 0 bridgehead atoms. The molecule has 0 aliphatic rings. The van der Waals surface area contributed by atoms with Crippen molar-refractivity contribution in [2.24, 2.45) is 0 Å². The first-order valence-corrected chi connectivity index (χ1v) is 9.98. The SMILES string of the molecule is Cc1ccc(-c2nnsc2C(=O)Nc2cc(Cl)ccc2Oc2ccccc2)cc1. The fourth-order valence-corrected chi connectivity index (χ4v) is 3.48. The van der Waals surface area contributed by atoms with Crippen molar-refractivity contribution < 1.29 is 9.53 Å². The van der Waals surface area contributed by atoms with Crippen LogP contribution in [0.1, 0.15) is 15.2 Å². The van der Waals surface area contributed by atoms with E-state index in [-0.39, 0.29) is 5.91 Å². The smallest absolute Gasteiger partial charge is 0.269 e. The summed E-state index contributed by atoms with van der Waals surface area (Å²) in [6.07, 6.45) is 0. The van der Waals surface area contributed by atoms with Crippen LogP contribution in [0.2, 0.25) is 5.02 Å². The van der Waals surface area contributed by atoms with Crippen LogP contribution < -0.4 is 10.1 Å². The summed E-state index contributed by atoms with van der Waals surface area (Å²) in [4.78, 5) is 13.4. The summed E-state index contributed by atoms with van der Waals surface area (Å²) in [6, 6.07) is 22.2. The van der Waals surface area contributed by atoms with Crippen molar-refractivity contribution in [3.05, 3.63) is 88.3 Å². The standard InChI is InChI=1S/C22H16ClN3O2S/c1-14-7-9-15(10-8-14)20-21(29-26-25-20)22(27)24-18-13-16(23)11-12-19(18)28-17-5-3-2-4-6-17/h2-13H,1H3,(H,24,27). The number of anilines is 1. The number of nitrogens with zero attached hydrogens (tertiary/aromatic N) is 2. The van der Waals surface area contributed by atoms with Gasteiger partial charge in [0, 0.05) is 10.6 Å². The lowest BCUT2D eigenvalue weighted by Crippen LogP contribution is -2.12. The highest BCUT2D eigenvalue weighted by Crippen LogP contribution is 2.33. The number of rotatable bonds is 5. The molecule has 1 N–H and O–H groups in total. The van der Waals surface area contributed by atoms with E-state index in [9.17, 15) is 4.79 Å². The minimum atomic E-state index is -0.323. The van der Waals surface area contributed by atoms with Crippen LogP contribution in [-0.4, -0.2) is 15.5 Å². The molecular formula is C22H16ClN3O2S. The Bertz CT molecular complexity index is 1140. The lowest BCUT2D eigenvalue weighted by atomic mass is 10.1. The van der Waals surface area contributed by atoms with Gasteiger partial charge in [0.2, 0.25) is 0 Å². The third kappa shape index (κ3) is 4.45. The summed E-state index contributed by atoms with van der Waals surface area (Å²) in [5.41, 5.74) is 2.97. The zero-order chi connectivity index (χ0) is 20.2. The Hall–Kier alpha value is -3.22. The third-order valence-corrected chi connectivity index (χ3v) is 5.14. The van der Waals surface area contributed by atoms with Crippen LogP contribution in [0.5, 0.6) is 11.5 Å². The molecular weight excluding hydrogens is 406 g/mol. The van der Waals surface area contributed by atoms with Crippen molar-refractivity contribution in [2.75, 3.05) is 5.32 Å². The van der Waals surface area contributed by atoms with Gasteiger partial charge in [-0.15, -0.1) is 5.10 Å². The number of ether oxygens (including phenoxy) is 1. The van der Waals surface area contributed by atoms with Gasteiger partial charge < -0.3 is 10.1 Å². The van der Waals surface area contributed by atoms with Gasteiger partial charge in [-0.3, -0.25) is 4.79 Å². The molecule has 144 valence electrons. The Morgan fingerprint density at radius 1 is 1.03 bits per heavy atom. The fourth-order valence-electron chi connectivity index (χ4n) is 2.72. The minimum absolute atomic E-state index is 0.323. The van der Waals surface area contributed by atoms with Gasteiger partial charge in [0.1, 0.15) is 16.3 Å². The van der Waals surface area contributed by atoms with Crippen LogP contribution in [-0.2, 0) is 0 Å². The molecule has 0 aliphatic carbocycles. The number of para-hydroxylation sites is 1. The number of carbonyl (C=O) groups is 1. The predicted molar refractivity (Wildman–Crippen MR) is 116 cm³/mol. The Balaban J connectivity index is 1.62. The van der Waals surface area contributed by atoms with Gasteiger partial charge in [-0.05, 0) is 48.8 Å². The van der Waals surface area contributed by atoms with E-state index in [1.165, 1.54) is 0 Å². The Morgan fingerprint density at radius 2 is 1.79 bits per heavy atom. The summed E-state index contributed by atoms with van der Waals surface area (Å²) in [6.45, 7) is 2.00. The lowest BCUT2D eigenvalue weighted by molar-refractivity contribution is 0.103. The molecule has 5 nitrogen and oxygen atoms in total. The minimum Gasteiger partial charge on any atom is -0.455 e. The average Bonchev–Trinajstić information content (AvgIpc) is 3.21. The van der Waals surface area contributed by atoms with E-state index in [2.05, 4.69) is 14.9 Å². The number of aromatic nitrogens is 2. The van der Waals surface area contributed by atoms with Crippen molar-refractivity contribution in [3.8, 4) is 22.8 Å². The molecule has 0 saturated carbocycles. The highest BCUT2D eigenvalue weighted by molar-refractivity contribution is 7.08. The molecule has 1 aromatic heterocycles. The van der Waals surface area contributed by atoms with Crippen molar-refractivity contribution in [1.29, 1.82) is 0 Å². The molecule has 0 unspecified atom stereocenters. The van der Waals surface area contributed by atoms with Gasteiger partial charge in [0.05, 0.1) is 5.69 Å². The average molecular weight is 422 g/mol. The van der Waals surface area contributed by atoms with Gasteiger partial charge in [-0.1, -0.05) is 64.1 Å². The molecule has 0 aliphatic heterocycles. The van der Waals surface area contributed by atoms with Crippen molar-refractivity contribution in [2.45, 2.75) is 6.92 Å².